The van der Waals surface area contributed by atoms with Crippen LogP contribution in [-0.2, 0) is 17.9 Å². The van der Waals surface area contributed by atoms with E-state index in [0.29, 0.717) is 13.2 Å². The van der Waals surface area contributed by atoms with E-state index < -0.39 is 0 Å². The van der Waals surface area contributed by atoms with Gasteiger partial charge >= 0.3 is 0 Å². The van der Waals surface area contributed by atoms with E-state index in [2.05, 4.69) is 11.4 Å². The van der Waals surface area contributed by atoms with E-state index in [0.717, 1.165) is 30.2 Å². The van der Waals surface area contributed by atoms with Crippen LogP contribution in [0.15, 0.2) is 35.7 Å². The van der Waals surface area contributed by atoms with Gasteiger partial charge in [-0.05, 0) is 17.5 Å². The first-order chi connectivity index (χ1) is 10.3. The summed E-state index contributed by atoms with van der Waals surface area (Å²) in [6.45, 7) is 2.77. The Bertz CT molecular complexity index is 528. The number of rotatable bonds is 9. The molecule has 1 heterocycles. The van der Waals surface area contributed by atoms with Crippen LogP contribution in [0.1, 0.15) is 10.4 Å². The molecule has 0 aliphatic heterocycles. The molecule has 5 heteroatoms. The molecule has 0 spiro atoms. The van der Waals surface area contributed by atoms with Crippen molar-refractivity contribution in [3.63, 3.8) is 0 Å². The summed E-state index contributed by atoms with van der Waals surface area (Å²) < 4.78 is 16.4. The minimum absolute atomic E-state index is 0.559. The van der Waals surface area contributed by atoms with E-state index in [9.17, 15) is 0 Å². The fourth-order valence-corrected chi connectivity index (χ4v) is 2.58. The maximum Gasteiger partial charge on any atom is 0.166 e. The van der Waals surface area contributed by atoms with Crippen LogP contribution in [0, 0.1) is 0 Å². The maximum atomic E-state index is 5.97. The Morgan fingerprint density at radius 2 is 2.05 bits per heavy atom. The highest BCUT2D eigenvalue weighted by Gasteiger charge is 2.10. The van der Waals surface area contributed by atoms with Crippen LogP contribution < -0.4 is 14.8 Å². The third-order valence-corrected chi connectivity index (χ3v) is 3.87. The van der Waals surface area contributed by atoms with Gasteiger partial charge in [-0.2, -0.15) is 0 Å². The minimum atomic E-state index is 0.559. The first-order valence-electron chi connectivity index (χ1n) is 6.86. The molecule has 0 aliphatic carbocycles. The maximum absolute atomic E-state index is 5.97. The smallest absolute Gasteiger partial charge is 0.166 e. The minimum Gasteiger partial charge on any atom is -0.493 e. The molecule has 1 aromatic heterocycles. The monoisotopic (exact) mass is 307 g/mol. The largest absolute Gasteiger partial charge is 0.493 e. The SMILES string of the molecule is COCCNCc1cccc(OC)c1OCc1cccs1. The Balaban J connectivity index is 2.04. The van der Waals surface area contributed by atoms with Crippen LogP contribution in [0.5, 0.6) is 11.5 Å². The lowest BCUT2D eigenvalue weighted by Gasteiger charge is -2.15. The van der Waals surface area contributed by atoms with Crippen molar-refractivity contribution in [2.45, 2.75) is 13.2 Å². The van der Waals surface area contributed by atoms with Gasteiger partial charge in [0.15, 0.2) is 11.5 Å². The zero-order valence-electron chi connectivity index (χ0n) is 12.4. The van der Waals surface area contributed by atoms with Gasteiger partial charge in [0.2, 0.25) is 0 Å². The molecule has 1 aromatic carbocycles. The number of nitrogens with one attached hydrogen (secondary N) is 1. The third kappa shape index (κ3) is 4.74. The van der Waals surface area contributed by atoms with Gasteiger partial charge in [0.1, 0.15) is 6.61 Å². The second kappa shape index (κ2) is 8.67. The molecular formula is C16H21NO3S. The van der Waals surface area contributed by atoms with Crippen molar-refractivity contribution in [1.82, 2.24) is 5.32 Å². The highest BCUT2D eigenvalue weighted by atomic mass is 32.1. The second-order valence-corrected chi connectivity index (χ2v) is 5.52. The number of hydrogen-bond acceptors (Lipinski definition) is 5. The average Bonchev–Trinajstić information content (AvgIpc) is 3.03. The van der Waals surface area contributed by atoms with E-state index in [1.54, 1.807) is 25.6 Å². The summed E-state index contributed by atoms with van der Waals surface area (Å²) in [7, 11) is 3.36. The molecule has 0 unspecified atom stereocenters. The summed E-state index contributed by atoms with van der Waals surface area (Å²) in [6, 6.07) is 10.0. The van der Waals surface area contributed by atoms with Crippen LogP contribution in [-0.4, -0.2) is 27.4 Å². The molecule has 4 nitrogen and oxygen atoms in total. The predicted molar refractivity (Wildman–Crippen MR) is 85.2 cm³/mol. The van der Waals surface area contributed by atoms with Crippen LogP contribution >= 0.6 is 11.3 Å². The second-order valence-electron chi connectivity index (χ2n) is 4.49. The predicted octanol–water partition coefficient (Wildman–Crippen LogP) is 3.07. The Labute approximate surface area is 129 Å². The van der Waals surface area contributed by atoms with Crippen molar-refractivity contribution in [1.29, 1.82) is 0 Å². The van der Waals surface area contributed by atoms with Gasteiger partial charge in [-0.1, -0.05) is 18.2 Å². The highest BCUT2D eigenvalue weighted by molar-refractivity contribution is 7.09. The van der Waals surface area contributed by atoms with Crippen molar-refractivity contribution in [3.05, 3.63) is 46.2 Å². The molecule has 0 amide bonds. The summed E-state index contributed by atoms with van der Waals surface area (Å²) in [5.74, 6) is 1.57. The lowest BCUT2D eigenvalue weighted by molar-refractivity contribution is 0.199. The zero-order valence-corrected chi connectivity index (χ0v) is 13.2. The molecule has 114 valence electrons. The molecule has 0 saturated carbocycles. The van der Waals surface area contributed by atoms with E-state index in [4.69, 9.17) is 14.2 Å². The topological polar surface area (TPSA) is 39.7 Å². The summed E-state index contributed by atoms with van der Waals surface area (Å²) >= 11 is 1.69. The molecule has 0 atom stereocenters. The van der Waals surface area contributed by atoms with Crippen LogP contribution in [0.3, 0.4) is 0 Å². The van der Waals surface area contributed by atoms with Gasteiger partial charge in [-0.25, -0.2) is 0 Å². The van der Waals surface area contributed by atoms with Gasteiger partial charge in [-0.15, -0.1) is 11.3 Å². The fraction of sp³-hybridized carbons (Fsp3) is 0.375. The van der Waals surface area contributed by atoms with E-state index in [-0.39, 0.29) is 0 Å². The van der Waals surface area contributed by atoms with Gasteiger partial charge in [-0.3, -0.25) is 0 Å². The van der Waals surface area contributed by atoms with Crippen molar-refractivity contribution < 1.29 is 14.2 Å². The molecule has 1 N–H and O–H groups in total. The van der Waals surface area contributed by atoms with E-state index >= 15 is 0 Å². The third-order valence-electron chi connectivity index (χ3n) is 3.02. The molecule has 0 fully saturated rings. The van der Waals surface area contributed by atoms with Crippen molar-refractivity contribution >= 4 is 11.3 Å². The number of benzene rings is 1. The number of ether oxygens (including phenoxy) is 3. The van der Waals surface area contributed by atoms with Crippen molar-refractivity contribution in [3.8, 4) is 11.5 Å². The van der Waals surface area contributed by atoms with Gasteiger partial charge < -0.3 is 19.5 Å². The number of methoxy groups -OCH3 is 2. The van der Waals surface area contributed by atoms with Crippen LogP contribution in [0.2, 0.25) is 0 Å². The molecule has 0 bridgehead atoms. The fourth-order valence-electron chi connectivity index (χ4n) is 1.96. The molecule has 2 rings (SSSR count). The average molecular weight is 307 g/mol. The molecule has 0 aliphatic rings. The Kier molecular flexibility index (Phi) is 6.53. The van der Waals surface area contributed by atoms with Crippen molar-refractivity contribution in [2.75, 3.05) is 27.4 Å². The van der Waals surface area contributed by atoms with E-state index in [1.165, 1.54) is 4.88 Å². The quantitative estimate of drug-likeness (QED) is 0.723. The molecule has 21 heavy (non-hydrogen) atoms. The normalized spacial score (nSPS) is 10.6. The van der Waals surface area contributed by atoms with Gasteiger partial charge in [0.25, 0.3) is 0 Å². The number of hydrogen-bond donors (Lipinski definition) is 1. The molecule has 2 aromatic rings. The summed E-state index contributed by atoms with van der Waals surface area (Å²) in [5.41, 5.74) is 1.09. The van der Waals surface area contributed by atoms with Gasteiger partial charge in [0, 0.05) is 30.6 Å². The number of para-hydroxylation sites is 1. The molecule has 0 radical (unpaired) electrons. The standard InChI is InChI=1S/C16H21NO3S/c1-18-9-8-17-11-13-5-3-7-15(19-2)16(13)20-12-14-6-4-10-21-14/h3-7,10,17H,8-9,11-12H2,1-2H3. The highest BCUT2D eigenvalue weighted by Crippen LogP contribution is 2.32. The molecule has 0 saturated heterocycles. The summed E-state index contributed by atoms with van der Waals surface area (Å²) in [4.78, 5) is 1.19. The summed E-state index contributed by atoms with van der Waals surface area (Å²) in [5, 5.41) is 5.38. The van der Waals surface area contributed by atoms with Crippen molar-refractivity contribution in [2.24, 2.45) is 0 Å². The Morgan fingerprint density at radius 3 is 2.76 bits per heavy atom. The van der Waals surface area contributed by atoms with Crippen LogP contribution in [0.25, 0.3) is 0 Å². The lowest BCUT2D eigenvalue weighted by atomic mass is 10.2. The van der Waals surface area contributed by atoms with Gasteiger partial charge in [0.05, 0.1) is 13.7 Å². The zero-order chi connectivity index (χ0) is 14.9. The summed E-state index contributed by atoms with van der Waals surface area (Å²) in [6.07, 6.45) is 0. The van der Waals surface area contributed by atoms with Crippen LogP contribution in [0.4, 0.5) is 0 Å². The molecular weight excluding hydrogens is 286 g/mol. The first-order valence-corrected chi connectivity index (χ1v) is 7.74. The van der Waals surface area contributed by atoms with E-state index in [1.807, 2.05) is 29.6 Å². The Hall–Kier alpha value is -1.56. The first kappa shape index (κ1) is 15.8. The Morgan fingerprint density at radius 1 is 1.14 bits per heavy atom. The lowest BCUT2D eigenvalue weighted by Crippen LogP contribution is -2.19. The number of thiophene rings is 1.